The molecular formula is C15H19Br2NO3. The van der Waals surface area contributed by atoms with Crippen LogP contribution in [0.4, 0.5) is 0 Å². The zero-order chi connectivity index (χ0) is 15.4. The van der Waals surface area contributed by atoms with E-state index in [1.807, 2.05) is 12.1 Å². The molecule has 1 N–H and O–H groups in total. The Morgan fingerprint density at radius 3 is 2.52 bits per heavy atom. The van der Waals surface area contributed by atoms with Crippen molar-refractivity contribution < 1.29 is 14.3 Å². The number of carbonyl (C=O) groups is 1. The number of hydrogen-bond acceptors (Lipinski definition) is 4. The fourth-order valence-electron chi connectivity index (χ4n) is 1.86. The number of ether oxygens (including phenoxy) is 2. The van der Waals surface area contributed by atoms with Crippen LogP contribution in [0.3, 0.4) is 0 Å². The van der Waals surface area contributed by atoms with Crippen LogP contribution in [-0.4, -0.2) is 24.7 Å². The molecule has 0 bridgehead atoms. The normalized spacial score (nSPS) is 15.6. The second kappa shape index (κ2) is 7.61. The highest BCUT2D eigenvalue weighted by Gasteiger charge is 2.21. The van der Waals surface area contributed by atoms with E-state index < -0.39 is 6.10 Å². The van der Waals surface area contributed by atoms with E-state index in [4.69, 9.17) is 9.47 Å². The van der Waals surface area contributed by atoms with E-state index in [1.165, 1.54) is 12.8 Å². The topological polar surface area (TPSA) is 47.6 Å². The van der Waals surface area contributed by atoms with Crippen LogP contribution in [0.25, 0.3) is 0 Å². The van der Waals surface area contributed by atoms with E-state index in [0.29, 0.717) is 18.4 Å². The molecule has 1 aliphatic carbocycles. The number of benzene rings is 1. The maximum absolute atomic E-state index is 11.6. The minimum atomic E-state index is -0.645. The zero-order valence-corrected chi connectivity index (χ0v) is 15.3. The Morgan fingerprint density at radius 1 is 1.38 bits per heavy atom. The highest BCUT2D eigenvalue weighted by atomic mass is 79.9. The Kier molecular flexibility index (Phi) is 6.08. The van der Waals surface area contributed by atoms with Crippen molar-refractivity contribution in [1.29, 1.82) is 0 Å². The van der Waals surface area contributed by atoms with Crippen LogP contribution < -0.4 is 10.1 Å². The Hall–Kier alpha value is -0.590. The lowest BCUT2D eigenvalue weighted by molar-refractivity contribution is -0.150. The van der Waals surface area contributed by atoms with Crippen molar-refractivity contribution in [2.24, 2.45) is 0 Å². The van der Waals surface area contributed by atoms with Gasteiger partial charge in [-0.15, -0.1) is 0 Å². The molecule has 2 rings (SSSR count). The first-order chi connectivity index (χ1) is 10.0. The van der Waals surface area contributed by atoms with Crippen molar-refractivity contribution in [3.63, 3.8) is 0 Å². The smallest absolute Gasteiger partial charge is 0.347 e. The van der Waals surface area contributed by atoms with E-state index in [9.17, 15) is 4.79 Å². The van der Waals surface area contributed by atoms with Gasteiger partial charge >= 0.3 is 5.97 Å². The fourth-order valence-corrected chi connectivity index (χ4v) is 3.33. The first-order valence-corrected chi connectivity index (χ1v) is 8.64. The average Bonchev–Trinajstić information content (AvgIpc) is 3.24. The quantitative estimate of drug-likeness (QED) is 0.681. The van der Waals surface area contributed by atoms with Gasteiger partial charge in [0.2, 0.25) is 0 Å². The Balaban J connectivity index is 2.03. The van der Waals surface area contributed by atoms with Crippen LogP contribution >= 0.6 is 31.9 Å². The zero-order valence-electron chi connectivity index (χ0n) is 12.1. The van der Waals surface area contributed by atoms with Crippen molar-refractivity contribution in [3.8, 4) is 5.75 Å². The molecular weight excluding hydrogens is 402 g/mol. The summed E-state index contributed by atoms with van der Waals surface area (Å²) in [4.78, 5) is 11.6. The molecule has 1 saturated carbocycles. The van der Waals surface area contributed by atoms with Gasteiger partial charge in [0.05, 0.1) is 15.6 Å². The first-order valence-electron chi connectivity index (χ1n) is 7.05. The van der Waals surface area contributed by atoms with Gasteiger partial charge in [-0.25, -0.2) is 4.79 Å². The lowest BCUT2D eigenvalue weighted by Gasteiger charge is -2.17. The summed E-state index contributed by atoms with van der Waals surface area (Å²) in [5, 5.41) is 3.47. The van der Waals surface area contributed by atoms with E-state index in [-0.39, 0.29) is 5.97 Å². The molecule has 0 spiro atoms. The standard InChI is InChI=1S/C15H19Br2NO3/c1-3-20-15(19)9(2)21-14-12(16)6-10(7-13(14)17)8-18-11-4-5-11/h6-7,9,11,18H,3-5,8H2,1-2H3. The second-order valence-corrected chi connectivity index (χ2v) is 6.76. The molecule has 21 heavy (non-hydrogen) atoms. The highest BCUT2D eigenvalue weighted by Crippen LogP contribution is 2.35. The Morgan fingerprint density at radius 2 is 2.00 bits per heavy atom. The molecule has 1 atom stereocenters. The second-order valence-electron chi connectivity index (χ2n) is 5.06. The van der Waals surface area contributed by atoms with E-state index >= 15 is 0 Å². The average molecular weight is 421 g/mol. The molecule has 0 saturated heterocycles. The Bertz CT molecular complexity index is 495. The summed E-state index contributed by atoms with van der Waals surface area (Å²) in [6.45, 7) is 4.63. The van der Waals surface area contributed by atoms with Crippen molar-refractivity contribution in [2.75, 3.05) is 6.61 Å². The summed E-state index contributed by atoms with van der Waals surface area (Å²) in [5.41, 5.74) is 1.16. The fraction of sp³-hybridized carbons (Fsp3) is 0.533. The van der Waals surface area contributed by atoms with Crippen LogP contribution in [-0.2, 0) is 16.1 Å². The lowest BCUT2D eigenvalue weighted by Crippen LogP contribution is -2.26. The number of halogens is 2. The SMILES string of the molecule is CCOC(=O)C(C)Oc1c(Br)cc(CNC2CC2)cc1Br. The monoisotopic (exact) mass is 419 g/mol. The maximum atomic E-state index is 11.6. The third kappa shape index (κ3) is 4.97. The molecule has 0 heterocycles. The molecule has 6 heteroatoms. The molecule has 1 aliphatic rings. The van der Waals surface area contributed by atoms with Crippen molar-refractivity contribution >= 4 is 37.8 Å². The van der Waals surface area contributed by atoms with Gasteiger partial charge in [0.1, 0.15) is 5.75 Å². The molecule has 1 fully saturated rings. The van der Waals surface area contributed by atoms with Gasteiger partial charge in [-0.2, -0.15) is 0 Å². The molecule has 0 amide bonds. The van der Waals surface area contributed by atoms with Gasteiger partial charge in [0.25, 0.3) is 0 Å². The summed E-state index contributed by atoms with van der Waals surface area (Å²) in [5.74, 6) is 0.251. The number of carbonyl (C=O) groups excluding carboxylic acids is 1. The first kappa shape index (κ1) is 16.8. The van der Waals surface area contributed by atoms with Crippen LogP contribution in [0.15, 0.2) is 21.1 Å². The Labute approximate surface area is 141 Å². The number of hydrogen-bond donors (Lipinski definition) is 1. The third-order valence-electron chi connectivity index (χ3n) is 3.14. The van der Waals surface area contributed by atoms with Crippen LogP contribution in [0.2, 0.25) is 0 Å². The minimum Gasteiger partial charge on any atom is -0.477 e. The van der Waals surface area contributed by atoms with Crippen LogP contribution in [0.1, 0.15) is 32.3 Å². The minimum absolute atomic E-state index is 0.348. The summed E-state index contributed by atoms with van der Waals surface area (Å²) in [7, 11) is 0. The van der Waals surface area contributed by atoms with Crippen molar-refractivity contribution in [1.82, 2.24) is 5.32 Å². The van der Waals surface area contributed by atoms with Crippen molar-refractivity contribution in [2.45, 2.75) is 45.4 Å². The number of esters is 1. The molecule has 0 radical (unpaired) electrons. The van der Waals surface area contributed by atoms with Gasteiger partial charge in [-0.1, -0.05) is 0 Å². The van der Waals surface area contributed by atoms with Crippen LogP contribution in [0.5, 0.6) is 5.75 Å². The number of rotatable bonds is 7. The van der Waals surface area contributed by atoms with E-state index in [1.54, 1.807) is 13.8 Å². The van der Waals surface area contributed by atoms with Gasteiger partial charge in [-0.3, -0.25) is 0 Å². The maximum Gasteiger partial charge on any atom is 0.347 e. The molecule has 116 valence electrons. The lowest BCUT2D eigenvalue weighted by atomic mass is 10.2. The van der Waals surface area contributed by atoms with Crippen LogP contribution in [0, 0.1) is 0 Å². The summed E-state index contributed by atoms with van der Waals surface area (Å²) in [6.07, 6.45) is 1.88. The number of nitrogens with one attached hydrogen (secondary N) is 1. The van der Waals surface area contributed by atoms with Gasteiger partial charge in [0.15, 0.2) is 6.10 Å². The van der Waals surface area contributed by atoms with E-state index in [2.05, 4.69) is 37.2 Å². The van der Waals surface area contributed by atoms with E-state index in [0.717, 1.165) is 21.1 Å². The molecule has 1 unspecified atom stereocenters. The predicted molar refractivity (Wildman–Crippen MR) is 88.4 cm³/mol. The van der Waals surface area contributed by atoms with Gasteiger partial charge in [0, 0.05) is 12.6 Å². The van der Waals surface area contributed by atoms with Crippen molar-refractivity contribution in [3.05, 3.63) is 26.6 Å². The van der Waals surface area contributed by atoms with Gasteiger partial charge < -0.3 is 14.8 Å². The highest BCUT2D eigenvalue weighted by molar-refractivity contribution is 9.11. The summed E-state index contributed by atoms with van der Waals surface area (Å²) < 4.78 is 12.3. The molecule has 0 aliphatic heterocycles. The molecule has 1 aromatic rings. The largest absolute Gasteiger partial charge is 0.477 e. The van der Waals surface area contributed by atoms with Gasteiger partial charge in [-0.05, 0) is 76.2 Å². The molecule has 1 aromatic carbocycles. The molecule has 0 aromatic heterocycles. The molecule has 4 nitrogen and oxygen atoms in total. The summed E-state index contributed by atoms with van der Waals surface area (Å²) >= 11 is 7.00. The predicted octanol–water partition coefficient (Wildman–Crippen LogP) is 3.79. The summed E-state index contributed by atoms with van der Waals surface area (Å²) in [6, 6.07) is 4.68. The third-order valence-corrected chi connectivity index (χ3v) is 4.32.